The average molecular weight is 581 g/mol. The fourth-order valence-corrected chi connectivity index (χ4v) is 4.66. The lowest BCUT2D eigenvalue weighted by molar-refractivity contribution is -0.137. The van der Waals surface area contributed by atoms with Crippen molar-refractivity contribution in [1.82, 2.24) is 30.0 Å². The molecule has 2 fully saturated rings. The molecule has 2 aliphatic rings. The summed E-state index contributed by atoms with van der Waals surface area (Å²) in [6, 6.07) is 0.0541. The van der Waals surface area contributed by atoms with Gasteiger partial charge in [0.05, 0.1) is 17.4 Å². The van der Waals surface area contributed by atoms with Crippen molar-refractivity contribution in [3.05, 3.63) is 23.7 Å². The molecule has 226 valence electrons. The molecule has 14 heteroatoms. The van der Waals surface area contributed by atoms with Gasteiger partial charge in [0.15, 0.2) is 0 Å². The summed E-state index contributed by atoms with van der Waals surface area (Å²) in [5.41, 5.74) is -0.315. The molecule has 3 N–H and O–H groups in total. The van der Waals surface area contributed by atoms with Crippen molar-refractivity contribution in [1.29, 1.82) is 0 Å². The molecule has 0 bridgehead atoms. The van der Waals surface area contributed by atoms with Crippen LogP contribution in [0.5, 0.6) is 0 Å². The molecule has 0 unspecified atom stereocenters. The lowest BCUT2D eigenvalue weighted by Gasteiger charge is -2.33. The highest BCUT2D eigenvalue weighted by atomic mass is 19.4. The molecule has 41 heavy (non-hydrogen) atoms. The Labute approximate surface area is 237 Å². The summed E-state index contributed by atoms with van der Waals surface area (Å²) in [5.74, 6) is -0.264. The smallest absolute Gasteiger partial charge is 0.421 e. The monoisotopic (exact) mass is 580 g/mol. The summed E-state index contributed by atoms with van der Waals surface area (Å²) >= 11 is 0. The molecule has 4 rings (SSSR count). The zero-order chi connectivity index (χ0) is 29.8. The normalized spacial score (nSPS) is 16.7. The van der Waals surface area contributed by atoms with Crippen LogP contribution in [0.4, 0.5) is 35.4 Å². The number of aryl methyl sites for hydroxylation is 1. The third-order valence-corrected chi connectivity index (χ3v) is 7.17. The number of piperidine rings is 1. The quantitative estimate of drug-likeness (QED) is 0.353. The SMILES string of the molecule is Cc1nn(C2CCN(C(=O)OC(C)(C)C)CC2)cc1Nc1ncc(C(F)(F)F)c(NCCCNC(=O)C2CCC2)n1. The fourth-order valence-electron chi connectivity index (χ4n) is 4.66. The molecular formula is C27H39F3N8O3. The first-order valence-electron chi connectivity index (χ1n) is 14.1. The Kier molecular flexibility index (Phi) is 9.27. The van der Waals surface area contributed by atoms with Crippen LogP contribution in [0.2, 0.25) is 0 Å². The topological polar surface area (TPSA) is 126 Å². The maximum Gasteiger partial charge on any atom is 0.421 e. The summed E-state index contributed by atoms with van der Waals surface area (Å²) in [5, 5.41) is 13.2. The number of hydrogen-bond donors (Lipinski definition) is 3. The number of carbonyl (C=O) groups is 2. The van der Waals surface area contributed by atoms with E-state index in [1.54, 1.807) is 18.0 Å². The van der Waals surface area contributed by atoms with Gasteiger partial charge in [0.25, 0.3) is 0 Å². The van der Waals surface area contributed by atoms with Gasteiger partial charge in [-0.1, -0.05) is 6.42 Å². The molecule has 1 aliphatic carbocycles. The molecule has 0 radical (unpaired) electrons. The Morgan fingerprint density at radius 3 is 2.41 bits per heavy atom. The number of likely N-dealkylation sites (tertiary alicyclic amines) is 1. The number of nitrogens with one attached hydrogen (secondary N) is 3. The number of aromatic nitrogens is 4. The third kappa shape index (κ3) is 8.23. The number of ether oxygens (including phenoxy) is 1. The van der Waals surface area contributed by atoms with Crippen molar-refractivity contribution in [3.8, 4) is 0 Å². The van der Waals surface area contributed by atoms with E-state index in [9.17, 15) is 22.8 Å². The molecule has 11 nitrogen and oxygen atoms in total. The molecule has 1 saturated heterocycles. The number of anilines is 3. The van der Waals surface area contributed by atoms with E-state index in [4.69, 9.17) is 4.74 Å². The van der Waals surface area contributed by atoms with Crippen molar-refractivity contribution in [3.63, 3.8) is 0 Å². The van der Waals surface area contributed by atoms with Gasteiger partial charge in [-0.3, -0.25) is 9.48 Å². The predicted molar refractivity (Wildman–Crippen MR) is 147 cm³/mol. The molecule has 0 aromatic carbocycles. The van der Waals surface area contributed by atoms with Gasteiger partial charge in [-0.15, -0.1) is 0 Å². The molecule has 1 aliphatic heterocycles. The van der Waals surface area contributed by atoms with Gasteiger partial charge in [0.2, 0.25) is 11.9 Å². The summed E-state index contributed by atoms with van der Waals surface area (Å²) < 4.78 is 48.1. The molecular weight excluding hydrogens is 541 g/mol. The standard InChI is InChI=1S/C27H39F3N8O3/c1-17-21(16-38(36-17)19-9-13-37(14-10-19)25(40)41-26(2,3)4)34-24-33-15-20(27(28,29)30)22(35-24)31-11-6-12-32-23(39)18-7-5-8-18/h15-16,18-19H,5-14H2,1-4H3,(H,32,39)(H2,31,33,34,35). The Morgan fingerprint density at radius 2 is 1.80 bits per heavy atom. The first-order valence-corrected chi connectivity index (χ1v) is 14.1. The molecule has 2 aromatic rings. The van der Waals surface area contributed by atoms with E-state index in [0.29, 0.717) is 50.3 Å². The Morgan fingerprint density at radius 1 is 1.10 bits per heavy atom. The number of hydrogen-bond acceptors (Lipinski definition) is 8. The highest BCUT2D eigenvalue weighted by molar-refractivity contribution is 5.79. The second-order valence-electron chi connectivity index (χ2n) is 11.6. The molecule has 0 atom stereocenters. The van der Waals surface area contributed by atoms with Gasteiger partial charge < -0.3 is 25.6 Å². The number of halogens is 3. The van der Waals surface area contributed by atoms with E-state index in [1.165, 1.54) is 0 Å². The van der Waals surface area contributed by atoms with E-state index in [1.807, 2.05) is 25.5 Å². The number of nitrogens with zero attached hydrogens (tertiary/aromatic N) is 5. The Hall–Kier alpha value is -3.58. The van der Waals surface area contributed by atoms with Crippen LogP contribution in [0.1, 0.15) is 76.6 Å². The van der Waals surface area contributed by atoms with Crippen molar-refractivity contribution >= 4 is 29.5 Å². The van der Waals surface area contributed by atoms with Crippen molar-refractivity contribution < 1.29 is 27.5 Å². The summed E-state index contributed by atoms with van der Waals surface area (Å²) in [6.45, 7) is 8.91. The van der Waals surface area contributed by atoms with Gasteiger partial charge in [-0.05, 0) is 59.8 Å². The Bertz CT molecular complexity index is 1220. The van der Waals surface area contributed by atoms with Gasteiger partial charge in [-0.2, -0.15) is 23.3 Å². The van der Waals surface area contributed by atoms with Crippen LogP contribution in [-0.2, 0) is 15.7 Å². The number of carbonyl (C=O) groups excluding carboxylic acids is 2. The van der Waals surface area contributed by atoms with Gasteiger partial charge in [0.1, 0.15) is 17.0 Å². The molecule has 1 saturated carbocycles. The minimum absolute atomic E-state index is 0.00109. The van der Waals surface area contributed by atoms with Crippen LogP contribution in [0.15, 0.2) is 12.4 Å². The van der Waals surface area contributed by atoms with Crippen LogP contribution < -0.4 is 16.0 Å². The number of rotatable bonds is 9. The minimum Gasteiger partial charge on any atom is -0.444 e. The highest BCUT2D eigenvalue weighted by Crippen LogP contribution is 2.34. The first-order chi connectivity index (χ1) is 19.3. The lowest BCUT2D eigenvalue weighted by atomic mass is 9.85. The third-order valence-electron chi connectivity index (χ3n) is 7.17. The average Bonchev–Trinajstić information content (AvgIpc) is 3.21. The van der Waals surface area contributed by atoms with E-state index in [-0.39, 0.29) is 42.3 Å². The zero-order valence-electron chi connectivity index (χ0n) is 24.0. The van der Waals surface area contributed by atoms with Crippen LogP contribution in [0.25, 0.3) is 0 Å². The highest BCUT2D eigenvalue weighted by Gasteiger charge is 2.35. The summed E-state index contributed by atoms with van der Waals surface area (Å²) in [4.78, 5) is 34.0. The van der Waals surface area contributed by atoms with Crippen LogP contribution in [-0.4, -0.2) is 68.4 Å². The molecule has 3 heterocycles. The van der Waals surface area contributed by atoms with Crippen molar-refractivity contribution in [2.75, 3.05) is 36.8 Å². The van der Waals surface area contributed by atoms with E-state index in [2.05, 4.69) is 31.0 Å². The van der Waals surface area contributed by atoms with Gasteiger partial charge >= 0.3 is 12.3 Å². The van der Waals surface area contributed by atoms with Crippen LogP contribution >= 0.6 is 0 Å². The Balaban J connectivity index is 1.35. The van der Waals surface area contributed by atoms with E-state index in [0.717, 1.165) is 25.5 Å². The maximum absolute atomic E-state index is 13.6. The fraction of sp³-hybridized carbons (Fsp3) is 0.667. The van der Waals surface area contributed by atoms with Crippen LogP contribution in [0.3, 0.4) is 0 Å². The first kappa shape index (κ1) is 30.4. The van der Waals surface area contributed by atoms with Gasteiger partial charge in [-0.25, -0.2) is 9.78 Å². The van der Waals surface area contributed by atoms with Crippen molar-refractivity contribution in [2.24, 2.45) is 5.92 Å². The second kappa shape index (κ2) is 12.5. The minimum atomic E-state index is -4.63. The second-order valence-corrected chi connectivity index (χ2v) is 11.6. The largest absolute Gasteiger partial charge is 0.444 e. The zero-order valence-corrected chi connectivity index (χ0v) is 24.0. The van der Waals surface area contributed by atoms with Crippen LogP contribution in [0, 0.1) is 12.8 Å². The molecule has 2 amide bonds. The lowest BCUT2D eigenvalue weighted by Crippen LogP contribution is -2.42. The number of amides is 2. The molecule has 2 aromatic heterocycles. The predicted octanol–water partition coefficient (Wildman–Crippen LogP) is 5.03. The van der Waals surface area contributed by atoms with E-state index >= 15 is 0 Å². The van der Waals surface area contributed by atoms with E-state index < -0.39 is 17.3 Å². The van der Waals surface area contributed by atoms with Gasteiger partial charge in [0, 0.05) is 44.5 Å². The van der Waals surface area contributed by atoms with Crippen molar-refractivity contribution in [2.45, 2.75) is 84.0 Å². The number of alkyl halides is 3. The summed E-state index contributed by atoms with van der Waals surface area (Å²) in [7, 11) is 0. The maximum atomic E-state index is 13.6. The summed E-state index contributed by atoms with van der Waals surface area (Å²) in [6.07, 6.45) is 2.22. The molecule has 0 spiro atoms.